The predicted molar refractivity (Wildman–Crippen MR) is 130 cm³/mol. The van der Waals surface area contributed by atoms with Crippen molar-refractivity contribution in [1.29, 1.82) is 0 Å². The molecule has 3 nitrogen and oxygen atoms in total. The Labute approximate surface area is 185 Å². The number of amides is 1. The highest BCUT2D eigenvalue weighted by molar-refractivity contribution is 8.02. The van der Waals surface area contributed by atoms with Crippen LogP contribution >= 0.6 is 11.8 Å². The number of rotatable bonds is 22. The van der Waals surface area contributed by atoms with E-state index in [-0.39, 0.29) is 18.6 Å². The standard InChI is InChI=1S/C25H49NO2S/c1-3-5-7-9-10-11-12-13-14-16-18-21-29-22-20-24(23-27)26-25(28)19-17-15-8-6-4-2/h20,22,24,27H,3-19,21,23H2,1-2H3,(H,26,28)/t24-/m1/s1. The van der Waals surface area contributed by atoms with Crippen LogP contribution in [0.3, 0.4) is 0 Å². The zero-order valence-electron chi connectivity index (χ0n) is 19.4. The van der Waals surface area contributed by atoms with Crippen LogP contribution in [-0.4, -0.2) is 29.4 Å². The lowest BCUT2D eigenvalue weighted by Crippen LogP contribution is -2.35. The summed E-state index contributed by atoms with van der Waals surface area (Å²) >= 11 is 1.79. The molecule has 0 spiro atoms. The zero-order valence-corrected chi connectivity index (χ0v) is 20.2. The molecular formula is C25H49NO2S. The van der Waals surface area contributed by atoms with Gasteiger partial charge in [0.1, 0.15) is 0 Å². The summed E-state index contributed by atoms with van der Waals surface area (Å²) in [5.41, 5.74) is 0. The Morgan fingerprint density at radius 3 is 1.79 bits per heavy atom. The van der Waals surface area contributed by atoms with Crippen LogP contribution in [0.1, 0.15) is 123 Å². The maximum absolute atomic E-state index is 11.9. The van der Waals surface area contributed by atoms with Gasteiger partial charge in [-0.1, -0.05) is 110 Å². The van der Waals surface area contributed by atoms with Gasteiger partial charge in [0.25, 0.3) is 0 Å². The number of thioether (sulfide) groups is 1. The number of hydrogen-bond acceptors (Lipinski definition) is 3. The fraction of sp³-hybridized carbons (Fsp3) is 0.880. The molecule has 0 aliphatic carbocycles. The predicted octanol–water partition coefficient (Wildman–Crippen LogP) is 7.38. The first-order chi connectivity index (χ1) is 14.2. The van der Waals surface area contributed by atoms with E-state index in [4.69, 9.17) is 0 Å². The van der Waals surface area contributed by atoms with E-state index in [9.17, 15) is 9.90 Å². The molecule has 0 aliphatic rings. The molecule has 4 heteroatoms. The second-order valence-corrected chi connectivity index (χ2v) is 9.27. The first-order valence-corrected chi connectivity index (χ1v) is 13.5. The second-order valence-electron chi connectivity index (χ2n) is 8.26. The monoisotopic (exact) mass is 427 g/mol. The van der Waals surface area contributed by atoms with Crippen molar-refractivity contribution in [2.24, 2.45) is 0 Å². The van der Waals surface area contributed by atoms with Crippen LogP contribution in [-0.2, 0) is 4.79 Å². The number of aliphatic hydroxyl groups is 1. The Hall–Kier alpha value is -0.480. The van der Waals surface area contributed by atoms with E-state index in [0.29, 0.717) is 6.42 Å². The van der Waals surface area contributed by atoms with Gasteiger partial charge in [0.2, 0.25) is 5.91 Å². The average Bonchev–Trinajstić information content (AvgIpc) is 2.73. The first kappa shape index (κ1) is 28.5. The van der Waals surface area contributed by atoms with E-state index in [1.165, 1.54) is 89.9 Å². The van der Waals surface area contributed by atoms with Gasteiger partial charge in [0, 0.05) is 6.42 Å². The van der Waals surface area contributed by atoms with Crippen LogP contribution in [0.2, 0.25) is 0 Å². The number of carbonyl (C=O) groups is 1. The highest BCUT2D eigenvalue weighted by Gasteiger charge is 2.07. The minimum absolute atomic E-state index is 0.0307. The molecule has 1 amide bonds. The quantitative estimate of drug-likeness (QED) is 0.177. The Bertz CT molecular complexity index is 374. The normalized spacial score (nSPS) is 12.5. The first-order valence-electron chi connectivity index (χ1n) is 12.4. The Morgan fingerprint density at radius 1 is 0.793 bits per heavy atom. The highest BCUT2D eigenvalue weighted by Crippen LogP contribution is 2.13. The molecule has 1 atom stereocenters. The molecule has 0 aromatic heterocycles. The lowest BCUT2D eigenvalue weighted by Gasteiger charge is -2.12. The smallest absolute Gasteiger partial charge is 0.220 e. The van der Waals surface area contributed by atoms with E-state index in [1.807, 2.05) is 11.5 Å². The Balaban J connectivity index is 3.50. The highest BCUT2D eigenvalue weighted by atomic mass is 32.2. The molecule has 0 fully saturated rings. The number of carbonyl (C=O) groups excluding carboxylic acids is 1. The molecule has 0 bridgehead atoms. The summed E-state index contributed by atoms with van der Waals surface area (Å²) in [7, 11) is 0. The molecule has 172 valence electrons. The van der Waals surface area contributed by atoms with Gasteiger partial charge in [0.15, 0.2) is 0 Å². The number of aliphatic hydroxyl groups excluding tert-OH is 1. The zero-order chi connectivity index (χ0) is 21.4. The minimum atomic E-state index is -0.247. The lowest BCUT2D eigenvalue weighted by atomic mass is 10.1. The Morgan fingerprint density at radius 2 is 1.28 bits per heavy atom. The summed E-state index contributed by atoms with van der Waals surface area (Å²) in [6.07, 6.45) is 23.3. The SMILES string of the molecule is CCCCCCCCCCCCCSC=C[C@H](CO)NC(=O)CCCCCCC. The van der Waals surface area contributed by atoms with Crippen LogP contribution < -0.4 is 5.32 Å². The van der Waals surface area contributed by atoms with Crippen molar-refractivity contribution in [1.82, 2.24) is 5.32 Å². The molecule has 2 N–H and O–H groups in total. The largest absolute Gasteiger partial charge is 0.394 e. The summed E-state index contributed by atoms with van der Waals surface area (Å²) in [6, 6.07) is -0.247. The maximum Gasteiger partial charge on any atom is 0.220 e. The third-order valence-electron chi connectivity index (χ3n) is 5.32. The lowest BCUT2D eigenvalue weighted by molar-refractivity contribution is -0.121. The van der Waals surface area contributed by atoms with Crippen LogP contribution in [0.15, 0.2) is 11.5 Å². The van der Waals surface area contributed by atoms with Gasteiger partial charge in [-0.2, -0.15) is 0 Å². The third kappa shape index (κ3) is 22.0. The maximum atomic E-state index is 11.9. The van der Waals surface area contributed by atoms with Crippen molar-refractivity contribution < 1.29 is 9.90 Å². The molecular weight excluding hydrogens is 378 g/mol. The van der Waals surface area contributed by atoms with Gasteiger partial charge in [-0.05, 0) is 24.0 Å². The van der Waals surface area contributed by atoms with E-state index in [1.54, 1.807) is 11.8 Å². The van der Waals surface area contributed by atoms with Crippen LogP contribution in [0, 0.1) is 0 Å². The van der Waals surface area contributed by atoms with Crippen molar-refractivity contribution in [2.45, 2.75) is 129 Å². The van der Waals surface area contributed by atoms with Gasteiger partial charge in [0.05, 0.1) is 12.6 Å². The Kier molecular flexibility index (Phi) is 23.4. The molecule has 0 aliphatic heterocycles. The van der Waals surface area contributed by atoms with Crippen molar-refractivity contribution >= 4 is 17.7 Å². The van der Waals surface area contributed by atoms with Crippen molar-refractivity contribution in [3.63, 3.8) is 0 Å². The summed E-state index contributed by atoms with van der Waals surface area (Å²) in [5.74, 6) is 1.18. The van der Waals surface area contributed by atoms with Crippen molar-refractivity contribution in [3.05, 3.63) is 11.5 Å². The summed E-state index contributed by atoms with van der Waals surface area (Å²) in [6.45, 7) is 4.44. The van der Waals surface area contributed by atoms with Gasteiger partial charge in [-0.25, -0.2) is 0 Å². The van der Waals surface area contributed by atoms with Crippen molar-refractivity contribution in [2.75, 3.05) is 12.4 Å². The fourth-order valence-electron chi connectivity index (χ4n) is 3.39. The van der Waals surface area contributed by atoms with E-state index in [0.717, 1.165) is 18.6 Å². The average molecular weight is 428 g/mol. The van der Waals surface area contributed by atoms with E-state index in [2.05, 4.69) is 19.2 Å². The van der Waals surface area contributed by atoms with Crippen LogP contribution in [0.25, 0.3) is 0 Å². The molecule has 0 aromatic rings. The molecule has 0 radical (unpaired) electrons. The van der Waals surface area contributed by atoms with Crippen LogP contribution in [0.4, 0.5) is 0 Å². The molecule has 0 unspecified atom stereocenters. The second kappa shape index (κ2) is 23.8. The number of unbranched alkanes of at least 4 members (excludes halogenated alkanes) is 14. The number of hydrogen-bond donors (Lipinski definition) is 2. The summed E-state index contributed by atoms with van der Waals surface area (Å²) in [5, 5.41) is 14.4. The van der Waals surface area contributed by atoms with Gasteiger partial charge >= 0.3 is 0 Å². The molecule has 0 heterocycles. The third-order valence-corrected chi connectivity index (χ3v) is 6.20. The summed E-state index contributed by atoms with van der Waals surface area (Å²) in [4.78, 5) is 11.9. The van der Waals surface area contributed by atoms with Gasteiger partial charge < -0.3 is 10.4 Å². The molecule has 29 heavy (non-hydrogen) atoms. The number of nitrogens with one attached hydrogen (secondary N) is 1. The topological polar surface area (TPSA) is 49.3 Å². The molecule has 0 saturated heterocycles. The van der Waals surface area contributed by atoms with Crippen molar-refractivity contribution in [3.8, 4) is 0 Å². The summed E-state index contributed by atoms with van der Waals surface area (Å²) < 4.78 is 0. The molecule has 0 saturated carbocycles. The molecule has 0 rings (SSSR count). The van der Waals surface area contributed by atoms with Crippen LogP contribution in [0.5, 0.6) is 0 Å². The van der Waals surface area contributed by atoms with Gasteiger partial charge in [-0.3, -0.25) is 4.79 Å². The molecule has 0 aromatic carbocycles. The van der Waals surface area contributed by atoms with E-state index < -0.39 is 0 Å². The fourth-order valence-corrected chi connectivity index (χ4v) is 4.20. The minimum Gasteiger partial charge on any atom is -0.394 e. The van der Waals surface area contributed by atoms with E-state index >= 15 is 0 Å². The van der Waals surface area contributed by atoms with Gasteiger partial charge in [-0.15, -0.1) is 11.8 Å².